The van der Waals surface area contributed by atoms with E-state index in [1.165, 1.54) is 12.1 Å². The van der Waals surface area contributed by atoms with E-state index >= 15 is 0 Å². The number of hydrogen-bond donors (Lipinski definition) is 1. The van der Waals surface area contributed by atoms with Gasteiger partial charge in [0.2, 0.25) is 5.91 Å². The Labute approximate surface area is 161 Å². The second-order valence-electron chi connectivity index (χ2n) is 6.38. The number of halogens is 1. The Bertz CT molecular complexity index is 929. The number of non-ortho nitro benzene ring substituents is 1. The van der Waals surface area contributed by atoms with E-state index in [4.69, 9.17) is 11.6 Å². The van der Waals surface area contributed by atoms with Crippen LogP contribution in [-0.2, 0) is 4.79 Å². The predicted octanol–water partition coefficient (Wildman–Crippen LogP) is 4.33. The molecule has 1 saturated heterocycles. The van der Waals surface area contributed by atoms with Gasteiger partial charge in [-0.1, -0.05) is 11.6 Å². The first-order chi connectivity index (χ1) is 12.9. The Balaban J connectivity index is 1.81. The summed E-state index contributed by atoms with van der Waals surface area (Å²) in [5, 5.41) is 13.7. The molecule has 1 fully saturated rings. The highest BCUT2D eigenvalue weighted by atomic mass is 35.5. The van der Waals surface area contributed by atoms with E-state index < -0.39 is 10.8 Å². The molecule has 0 spiro atoms. The molecule has 0 atom stereocenters. The largest absolute Gasteiger partial charge is 0.322 e. The third-order valence-corrected chi connectivity index (χ3v) is 4.80. The number of carbonyl (C=O) groups is 2. The smallest absolute Gasteiger partial charge is 0.270 e. The quantitative estimate of drug-likeness (QED) is 0.624. The van der Waals surface area contributed by atoms with E-state index in [2.05, 4.69) is 5.32 Å². The number of hydrogen-bond acceptors (Lipinski definition) is 4. The van der Waals surface area contributed by atoms with Crippen molar-refractivity contribution in [1.29, 1.82) is 0 Å². The van der Waals surface area contributed by atoms with Gasteiger partial charge in [-0.25, -0.2) is 0 Å². The number of nitro groups is 1. The number of carbonyl (C=O) groups excluding carboxylic acids is 2. The molecule has 7 nitrogen and oxygen atoms in total. The number of nitrogens with one attached hydrogen (secondary N) is 1. The molecule has 27 heavy (non-hydrogen) atoms. The van der Waals surface area contributed by atoms with Crippen molar-refractivity contribution >= 4 is 40.5 Å². The first kappa shape index (κ1) is 18.8. The maximum absolute atomic E-state index is 12.5. The van der Waals surface area contributed by atoms with E-state index in [9.17, 15) is 19.7 Å². The number of rotatable bonds is 4. The Morgan fingerprint density at radius 1 is 1.22 bits per heavy atom. The number of piperidine rings is 1. The average Bonchev–Trinajstić information content (AvgIpc) is 2.63. The summed E-state index contributed by atoms with van der Waals surface area (Å²) in [4.78, 5) is 36.7. The summed E-state index contributed by atoms with van der Waals surface area (Å²) in [7, 11) is 0. The van der Waals surface area contributed by atoms with Crippen molar-refractivity contribution in [2.75, 3.05) is 16.8 Å². The van der Waals surface area contributed by atoms with Gasteiger partial charge in [-0.15, -0.1) is 0 Å². The molecule has 0 unspecified atom stereocenters. The van der Waals surface area contributed by atoms with E-state index in [0.29, 0.717) is 18.7 Å². The molecule has 1 heterocycles. The zero-order valence-electron chi connectivity index (χ0n) is 14.7. The van der Waals surface area contributed by atoms with Crippen LogP contribution in [0.15, 0.2) is 36.4 Å². The van der Waals surface area contributed by atoms with E-state index in [-0.39, 0.29) is 22.2 Å². The van der Waals surface area contributed by atoms with Crippen molar-refractivity contribution < 1.29 is 14.5 Å². The average molecular weight is 388 g/mol. The summed E-state index contributed by atoms with van der Waals surface area (Å²) in [5.74, 6) is -0.436. The molecule has 2 aromatic rings. The van der Waals surface area contributed by atoms with Crippen LogP contribution in [0.4, 0.5) is 17.1 Å². The van der Waals surface area contributed by atoms with Crippen LogP contribution in [-0.4, -0.2) is 23.3 Å². The van der Waals surface area contributed by atoms with Crippen LogP contribution in [0.5, 0.6) is 0 Å². The molecule has 1 N–H and O–H groups in total. The number of nitro benzene ring substituents is 1. The fraction of sp³-hybridized carbons (Fsp3) is 0.263. The third-order valence-electron chi connectivity index (χ3n) is 4.47. The lowest BCUT2D eigenvalue weighted by Crippen LogP contribution is -2.35. The second kappa shape index (κ2) is 7.75. The molecule has 8 heteroatoms. The molecule has 0 radical (unpaired) electrons. The Kier molecular flexibility index (Phi) is 5.41. The number of benzene rings is 2. The number of anilines is 2. The Morgan fingerprint density at radius 3 is 2.67 bits per heavy atom. The molecule has 0 aromatic heterocycles. The van der Waals surface area contributed by atoms with Crippen LogP contribution in [0.25, 0.3) is 0 Å². The summed E-state index contributed by atoms with van der Waals surface area (Å²) >= 11 is 6.01. The standard InChI is InChI=1S/C19H18ClN3O4/c1-12-10-13(5-8-17(12)22-9-3-2-4-18(22)24)21-19(25)15-11-14(23(26)27)6-7-16(15)20/h5-8,10-11H,2-4,9H2,1H3,(H,21,25). The molecule has 0 aliphatic carbocycles. The topological polar surface area (TPSA) is 92.5 Å². The fourth-order valence-electron chi connectivity index (χ4n) is 3.10. The van der Waals surface area contributed by atoms with Crippen LogP contribution in [0.1, 0.15) is 35.2 Å². The molecule has 0 saturated carbocycles. The first-order valence-electron chi connectivity index (χ1n) is 8.53. The highest BCUT2D eigenvalue weighted by Gasteiger charge is 2.21. The summed E-state index contributed by atoms with van der Waals surface area (Å²) in [6.07, 6.45) is 2.42. The van der Waals surface area contributed by atoms with Crippen LogP contribution < -0.4 is 10.2 Å². The van der Waals surface area contributed by atoms with Crippen molar-refractivity contribution in [3.8, 4) is 0 Å². The SMILES string of the molecule is Cc1cc(NC(=O)c2cc([N+](=O)[O-])ccc2Cl)ccc1N1CCCCC1=O. The molecular weight excluding hydrogens is 370 g/mol. The molecule has 1 aliphatic rings. The molecule has 140 valence electrons. The van der Waals surface area contributed by atoms with Crippen LogP contribution in [0, 0.1) is 17.0 Å². The zero-order chi connectivity index (χ0) is 19.6. The summed E-state index contributed by atoms with van der Waals surface area (Å²) in [6, 6.07) is 8.97. The predicted molar refractivity (Wildman–Crippen MR) is 103 cm³/mol. The van der Waals surface area contributed by atoms with Gasteiger partial charge in [-0.3, -0.25) is 19.7 Å². The summed E-state index contributed by atoms with van der Waals surface area (Å²) in [6.45, 7) is 2.56. The van der Waals surface area contributed by atoms with Gasteiger partial charge < -0.3 is 10.2 Å². The molecule has 0 bridgehead atoms. The van der Waals surface area contributed by atoms with Gasteiger partial charge in [0, 0.05) is 36.5 Å². The van der Waals surface area contributed by atoms with Gasteiger partial charge in [-0.05, 0) is 49.6 Å². The first-order valence-corrected chi connectivity index (χ1v) is 8.91. The highest BCUT2D eigenvalue weighted by molar-refractivity contribution is 6.34. The molecule has 1 aliphatic heterocycles. The molecule has 2 aromatic carbocycles. The summed E-state index contributed by atoms with van der Waals surface area (Å²) in [5.41, 5.74) is 2.02. The van der Waals surface area contributed by atoms with Crippen molar-refractivity contribution in [3.05, 3.63) is 62.7 Å². The lowest BCUT2D eigenvalue weighted by atomic mass is 10.1. The highest BCUT2D eigenvalue weighted by Crippen LogP contribution is 2.28. The van der Waals surface area contributed by atoms with Crippen molar-refractivity contribution in [2.45, 2.75) is 26.2 Å². The molecular formula is C19H18ClN3O4. The summed E-state index contributed by atoms with van der Waals surface area (Å²) < 4.78 is 0. The van der Waals surface area contributed by atoms with E-state index in [0.717, 1.165) is 30.2 Å². The van der Waals surface area contributed by atoms with Crippen LogP contribution in [0.3, 0.4) is 0 Å². The monoisotopic (exact) mass is 387 g/mol. The van der Waals surface area contributed by atoms with E-state index in [1.807, 2.05) is 6.92 Å². The fourth-order valence-corrected chi connectivity index (χ4v) is 3.30. The van der Waals surface area contributed by atoms with Crippen molar-refractivity contribution in [3.63, 3.8) is 0 Å². The normalized spacial score (nSPS) is 14.1. The minimum atomic E-state index is -0.582. The molecule has 3 rings (SSSR count). The van der Waals surface area contributed by atoms with Crippen LogP contribution >= 0.6 is 11.6 Å². The minimum Gasteiger partial charge on any atom is -0.322 e. The maximum atomic E-state index is 12.5. The van der Waals surface area contributed by atoms with Gasteiger partial charge in [0.25, 0.3) is 11.6 Å². The minimum absolute atomic E-state index is 0.0267. The lowest BCUT2D eigenvalue weighted by Gasteiger charge is -2.28. The van der Waals surface area contributed by atoms with Gasteiger partial charge in [-0.2, -0.15) is 0 Å². The third kappa shape index (κ3) is 4.09. The Morgan fingerprint density at radius 2 is 2.00 bits per heavy atom. The van der Waals surface area contributed by atoms with Crippen molar-refractivity contribution in [2.24, 2.45) is 0 Å². The van der Waals surface area contributed by atoms with Crippen molar-refractivity contribution in [1.82, 2.24) is 0 Å². The number of aryl methyl sites for hydroxylation is 1. The second-order valence-corrected chi connectivity index (χ2v) is 6.79. The van der Waals surface area contributed by atoms with Gasteiger partial charge in [0.15, 0.2) is 0 Å². The number of nitrogens with zero attached hydrogens (tertiary/aromatic N) is 2. The van der Waals surface area contributed by atoms with Gasteiger partial charge >= 0.3 is 0 Å². The maximum Gasteiger partial charge on any atom is 0.270 e. The Hall–Kier alpha value is -2.93. The van der Waals surface area contributed by atoms with Gasteiger partial charge in [0.05, 0.1) is 15.5 Å². The van der Waals surface area contributed by atoms with E-state index in [1.54, 1.807) is 23.1 Å². The lowest BCUT2D eigenvalue weighted by molar-refractivity contribution is -0.384. The zero-order valence-corrected chi connectivity index (χ0v) is 15.5. The van der Waals surface area contributed by atoms with Crippen LogP contribution in [0.2, 0.25) is 5.02 Å². The number of amides is 2. The van der Waals surface area contributed by atoms with Gasteiger partial charge in [0.1, 0.15) is 0 Å². The molecule has 2 amide bonds.